The number of benzene rings is 5. The standard InChI is InChI=1S/C40H40OP2/c1-39(2,42(29-19-9-5-10-20-29)30-21-11-6-12-22-30)35-36(38-34-28-18-17-27-33(34)37(35)41-38)40(3,4)43(31-23-13-7-14-24-31)32-25-15-8-16-26-32/h5-28,35-38H,1-4H3/t35-,36-,37?,38?/m1/s1. The molecule has 7 rings (SSSR count). The molecular formula is C40H40OP2. The molecule has 0 radical (unpaired) electrons. The highest BCUT2D eigenvalue weighted by Gasteiger charge is 2.63. The number of fused-ring (bicyclic) bond motifs is 5. The van der Waals surface area contributed by atoms with Gasteiger partial charge < -0.3 is 4.74 Å². The molecule has 0 aliphatic carbocycles. The molecule has 4 atom stereocenters. The summed E-state index contributed by atoms with van der Waals surface area (Å²) in [7, 11) is -1.36. The van der Waals surface area contributed by atoms with Crippen molar-refractivity contribution in [2.45, 2.75) is 50.2 Å². The maximum absolute atomic E-state index is 7.21. The van der Waals surface area contributed by atoms with E-state index in [2.05, 4.69) is 173 Å². The molecule has 216 valence electrons. The Morgan fingerprint density at radius 3 is 0.930 bits per heavy atom. The van der Waals surface area contributed by atoms with Crippen molar-refractivity contribution >= 4 is 37.1 Å². The number of rotatable bonds is 8. The number of ether oxygens (including phenoxy) is 1. The van der Waals surface area contributed by atoms with Crippen LogP contribution < -0.4 is 21.2 Å². The van der Waals surface area contributed by atoms with E-state index in [0.29, 0.717) is 11.8 Å². The molecule has 0 saturated carbocycles. The fraction of sp³-hybridized carbons (Fsp3) is 0.250. The van der Waals surface area contributed by atoms with Crippen LogP contribution >= 0.6 is 15.8 Å². The van der Waals surface area contributed by atoms with Gasteiger partial charge in [0.25, 0.3) is 0 Å². The summed E-state index contributed by atoms with van der Waals surface area (Å²) in [5.41, 5.74) is 2.80. The monoisotopic (exact) mass is 598 g/mol. The average Bonchev–Trinajstić information content (AvgIpc) is 3.62. The van der Waals surface area contributed by atoms with Gasteiger partial charge in [-0.15, -0.1) is 0 Å². The van der Waals surface area contributed by atoms with Crippen LogP contribution in [0.5, 0.6) is 0 Å². The highest BCUT2D eigenvalue weighted by Crippen LogP contribution is 2.72. The maximum Gasteiger partial charge on any atom is 0.0878 e. The molecule has 0 amide bonds. The molecule has 2 heterocycles. The Balaban J connectivity index is 1.43. The van der Waals surface area contributed by atoms with Gasteiger partial charge in [0.05, 0.1) is 12.2 Å². The fourth-order valence-corrected chi connectivity index (χ4v) is 14.4. The largest absolute Gasteiger partial charge is 0.365 e. The lowest BCUT2D eigenvalue weighted by Gasteiger charge is -2.52. The summed E-state index contributed by atoms with van der Waals surface area (Å²) < 4.78 is 7.21. The second kappa shape index (κ2) is 11.4. The van der Waals surface area contributed by atoms with Crippen molar-refractivity contribution in [2.75, 3.05) is 0 Å². The van der Waals surface area contributed by atoms with E-state index in [0.717, 1.165) is 0 Å². The van der Waals surface area contributed by atoms with Gasteiger partial charge in [0.15, 0.2) is 0 Å². The summed E-state index contributed by atoms with van der Waals surface area (Å²) in [5, 5.41) is 5.68. The molecule has 1 nitrogen and oxygen atoms in total. The zero-order chi connectivity index (χ0) is 29.6. The predicted octanol–water partition coefficient (Wildman–Crippen LogP) is 8.87. The van der Waals surface area contributed by atoms with E-state index < -0.39 is 15.8 Å². The first kappa shape index (κ1) is 28.7. The fourth-order valence-electron chi connectivity index (χ4n) is 8.12. The van der Waals surface area contributed by atoms with Crippen LogP contribution in [0.2, 0.25) is 0 Å². The Hall–Kier alpha value is -3.08. The molecular weight excluding hydrogens is 558 g/mol. The SMILES string of the molecule is CC(C)([C@H]1C2OC(c3ccccc32)[C@@H]1C(C)(C)P(c1ccccc1)c1ccccc1)P(c1ccccc1)c1ccccc1. The third-order valence-corrected chi connectivity index (χ3v) is 15.9. The first-order valence-corrected chi connectivity index (χ1v) is 18.1. The number of hydrogen-bond acceptors (Lipinski definition) is 1. The molecule has 43 heavy (non-hydrogen) atoms. The van der Waals surface area contributed by atoms with Crippen LogP contribution in [0.25, 0.3) is 0 Å². The molecule has 2 aliphatic rings. The van der Waals surface area contributed by atoms with E-state index in [1.165, 1.54) is 32.3 Å². The Kier molecular flexibility index (Phi) is 7.63. The van der Waals surface area contributed by atoms with E-state index in [4.69, 9.17) is 4.74 Å². The molecule has 3 heteroatoms. The molecule has 5 aromatic carbocycles. The maximum atomic E-state index is 7.21. The van der Waals surface area contributed by atoms with Gasteiger partial charge >= 0.3 is 0 Å². The van der Waals surface area contributed by atoms with Crippen LogP contribution in [0.4, 0.5) is 0 Å². The molecule has 0 spiro atoms. The van der Waals surface area contributed by atoms with Crippen molar-refractivity contribution in [3.63, 3.8) is 0 Å². The van der Waals surface area contributed by atoms with Crippen molar-refractivity contribution in [1.82, 2.24) is 0 Å². The summed E-state index contributed by atoms with van der Waals surface area (Å²) in [5.74, 6) is 0.678. The number of hydrogen-bond donors (Lipinski definition) is 0. The Bertz CT molecular complexity index is 1460. The molecule has 0 aromatic heterocycles. The van der Waals surface area contributed by atoms with Crippen molar-refractivity contribution in [3.05, 3.63) is 157 Å². The second-order valence-corrected chi connectivity index (χ2v) is 18.7. The van der Waals surface area contributed by atoms with E-state index in [-0.39, 0.29) is 22.5 Å². The average molecular weight is 599 g/mol. The van der Waals surface area contributed by atoms with Gasteiger partial charge in [0, 0.05) is 11.8 Å². The van der Waals surface area contributed by atoms with Crippen LogP contribution in [0.15, 0.2) is 146 Å². The van der Waals surface area contributed by atoms with Gasteiger partial charge in [-0.05, 0) is 58.5 Å². The van der Waals surface area contributed by atoms with Gasteiger partial charge in [0.2, 0.25) is 0 Å². The van der Waals surface area contributed by atoms with E-state index >= 15 is 0 Å². The molecule has 0 N–H and O–H groups in total. The molecule has 1 fully saturated rings. The highest BCUT2D eigenvalue weighted by molar-refractivity contribution is 7.75. The molecule has 2 unspecified atom stereocenters. The Morgan fingerprint density at radius 2 is 0.651 bits per heavy atom. The van der Waals surface area contributed by atoms with Crippen LogP contribution in [-0.2, 0) is 4.74 Å². The summed E-state index contributed by atoms with van der Waals surface area (Å²) in [6.07, 6.45) is 0.169. The molecule has 1 saturated heterocycles. The third kappa shape index (κ3) is 4.91. The summed E-state index contributed by atoms with van der Waals surface area (Å²) in [4.78, 5) is 0. The van der Waals surface area contributed by atoms with Gasteiger partial charge in [-0.2, -0.15) is 0 Å². The van der Waals surface area contributed by atoms with Gasteiger partial charge in [-0.1, -0.05) is 173 Å². The zero-order valence-electron chi connectivity index (χ0n) is 25.5. The van der Waals surface area contributed by atoms with Crippen LogP contribution in [-0.4, -0.2) is 10.3 Å². The van der Waals surface area contributed by atoms with Crippen LogP contribution in [0, 0.1) is 11.8 Å². The summed E-state index contributed by atoms with van der Waals surface area (Å²) >= 11 is 0. The van der Waals surface area contributed by atoms with E-state index in [1.807, 2.05) is 0 Å². The topological polar surface area (TPSA) is 9.23 Å². The van der Waals surface area contributed by atoms with E-state index in [1.54, 1.807) is 0 Å². The summed E-state index contributed by atoms with van der Waals surface area (Å²) in [6.45, 7) is 10.2. The van der Waals surface area contributed by atoms with Crippen molar-refractivity contribution in [2.24, 2.45) is 11.8 Å². The first-order chi connectivity index (χ1) is 20.9. The van der Waals surface area contributed by atoms with Crippen LogP contribution in [0.1, 0.15) is 51.0 Å². The lowest BCUT2D eigenvalue weighted by Crippen LogP contribution is -2.50. The van der Waals surface area contributed by atoms with Gasteiger partial charge in [-0.25, -0.2) is 0 Å². The predicted molar refractivity (Wildman–Crippen MR) is 186 cm³/mol. The Labute approximate surface area is 259 Å². The first-order valence-electron chi connectivity index (χ1n) is 15.4. The Morgan fingerprint density at radius 1 is 0.395 bits per heavy atom. The minimum absolute atomic E-state index is 0.0404. The zero-order valence-corrected chi connectivity index (χ0v) is 27.3. The lowest BCUT2D eigenvalue weighted by molar-refractivity contribution is 0.0495. The van der Waals surface area contributed by atoms with Gasteiger partial charge in [-0.3, -0.25) is 0 Å². The normalized spacial score (nSPS) is 21.3. The van der Waals surface area contributed by atoms with Crippen molar-refractivity contribution in [3.8, 4) is 0 Å². The van der Waals surface area contributed by atoms with Crippen molar-refractivity contribution in [1.29, 1.82) is 0 Å². The summed E-state index contributed by atoms with van der Waals surface area (Å²) in [6, 6.07) is 54.1. The molecule has 2 aliphatic heterocycles. The quantitative estimate of drug-likeness (QED) is 0.162. The minimum atomic E-state index is -0.681. The smallest absolute Gasteiger partial charge is 0.0878 e. The molecule has 5 aromatic rings. The molecule has 2 bridgehead atoms. The minimum Gasteiger partial charge on any atom is -0.365 e. The van der Waals surface area contributed by atoms with E-state index in [9.17, 15) is 0 Å². The second-order valence-electron chi connectivity index (χ2n) is 13.0. The van der Waals surface area contributed by atoms with Crippen LogP contribution in [0.3, 0.4) is 0 Å². The highest BCUT2D eigenvalue weighted by atomic mass is 31.1. The van der Waals surface area contributed by atoms with Crippen molar-refractivity contribution < 1.29 is 4.74 Å². The van der Waals surface area contributed by atoms with Gasteiger partial charge in [0.1, 0.15) is 0 Å². The lowest BCUT2D eigenvalue weighted by atomic mass is 9.66. The third-order valence-electron chi connectivity index (χ3n) is 9.78.